The summed E-state index contributed by atoms with van der Waals surface area (Å²) in [6.45, 7) is 4.20. The van der Waals surface area contributed by atoms with Crippen LogP contribution in [0.15, 0.2) is 72.8 Å². The Morgan fingerprint density at radius 3 is 2.56 bits per heavy atom. The smallest absolute Gasteiger partial charge is 0.251 e. The van der Waals surface area contributed by atoms with E-state index in [2.05, 4.69) is 28.1 Å². The third-order valence-electron chi connectivity index (χ3n) is 6.36. The number of fused-ring (bicyclic) bond motifs is 1. The van der Waals surface area contributed by atoms with E-state index in [1.165, 1.54) is 5.52 Å². The number of carbonyl (C=O) groups excluding carboxylic acids is 1. The number of ether oxygens (including phenoxy) is 1. The SMILES string of the molecule is Cc1ccccc1C(=O)NCCCCCc1nc2ccccc2n1CCCCOc1ccccc1Cl. The maximum Gasteiger partial charge on any atom is 0.251 e. The summed E-state index contributed by atoms with van der Waals surface area (Å²) in [6, 6.07) is 23.6. The van der Waals surface area contributed by atoms with Crippen molar-refractivity contribution in [3.8, 4) is 5.75 Å². The summed E-state index contributed by atoms with van der Waals surface area (Å²) in [4.78, 5) is 17.3. The third-order valence-corrected chi connectivity index (χ3v) is 6.67. The van der Waals surface area contributed by atoms with Crippen LogP contribution in [0.3, 0.4) is 0 Å². The molecule has 0 unspecified atom stereocenters. The highest BCUT2D eigenvalue weighted by Crippen LogP contribution is 2.23. The standard InChI is InChI=1S/C30H34ClN3O2/c1-23-13-4-5-14-24(23)30(35)32-20-10-2-3-19-29-33-26-16-7-8-17-27(26)34(29)21-11-12-22-36-28-18-9-6-15-25(28)31/h4-9,13-18H,2-3,10-12,19-22H2,1H3,(H,32,35). The number of hydrogen-bond acceptors (Lipinski definition) is 3. The quantitative estimate of drug-likeness (QED) is 0.200. The van der Waals surface area contributed by atoms with E-state index in [1.807, 2.05) is 61.5 Å². The number of aryl methyl sites for hydroxylation is 3. The van der Waals surface area contributed by atoms with Gasteiger partial charge in [0.25, 0.3) is 5.91 Å². The molecule has 36 heavy (non-hydrogen) atoms. The van der Waals surface area contributed by atoms with Crippen LogP contribution in [0.25, 0.3) is 11.0 Å². The first-order valence-corrected chi connectivity index (χ1v) is 13.2. The van der Waals surface area contributed by atoms with Gasteiger partial charge in [-0.05, 0) is 68.5 Å². The van der Waals surface area contributed by atoms with Crippen LogP contribution < -0.4 is 10.1 Å². The van der Waals surface area contributed by atoms with E-state index >= 15 is 0 Å². The molecule has 4 rings (SSSR count). The Balaban J connectivity index is 1.23. The number of unbranched alkanes of at least 4 members (excludes halogenated alkanes) is 3. The van der Waals surface area contributed by atoms with E-state index in [9.17, 15) is 4.79 Å². The van der Waals surface area contributed by atoms with Gasteiger partial charge in [-0.3, -0.25) is 4.79 Å². The number of aromatic nitrogens is 2. The van der Waals surface area contributed by atoms with Crippen LogP contribution in [0.2, 0.25) is 5.02 Å². The highest BCUT2D eigenvalue weighted by Gasteiger charge is 2.11. The Labute approximate surface area is 218 Å². The van der Waals surface area contributed by atoms with Gasteiger partial charge < -0.3 is 14.6 Å². The Morgan fingerprint density at radius 2 is 1.69 bits per heavy atom. The van der Waals surface area contributed by atoms with Crippen molar-refractivity contribution in [2.75, 3.05) is 13.2 Å². The molecule has 0 saturated heterocycles. The Morgan fingerprint density at radius 1 is 0.917 bits per heavy atom. The fourth-order valence-corrected chi connectivity index (χ4v) is 4.58. The Bertz CT molecular complexity index is 1280. The molecule has 0 spiro atoms. The predicted molar refractivity (Wildman–Crippen MR) is 147 cm³/mol. The van der Waals surface area contributed by atoms with Gasteiger partial charge in [0.1, 0.15) is 11.6 Å². The van der Waals surface area contributed by atoms with Crippen LogP contribution in [-0.4, -0.2) is 28.6 Å². The second kappa shape index (κ2) is 13.1. The molecule has 0 bridgehead atoms. The lowest BCUT2D eigenvalue weighted by Crippen LogP contribution is -2.25. The molecule has 6 heteroatoms. The first-order chi connectivity index (χ1) is 17.6. The number of benzene rings is 3. The Kier molecular flexibility index (Phi) is 9.40. The van der Waals surface area contributed by atoms with Gasteiger partial charge in [-0.25, -0.2) is 4.98 Å². The predicted octanol–water partition coefficient (Wildman–Crippen LogP) is 7.00. The maximum atomic E-state index is 12.4. The lowest BCUT2D eigenvalue weighted by atomic mass is 10.1. The molecule has 188 valence electrons. The molecule has 0 aliphatic carbocycles. The molecule has 4 aromatic rings. The van der Waals surface area contributed by atoms with Crippen molar-refractivity contribution >= 4 is 28.5 Å². The average Bonchev–Trinajstić information content (AvgIpc) is 3.24. The fourth-order valence-electron chi connectivity index (χ4n) is 4.39. The molecular formula is C30H34ClN3O2. The number of nitrogens with one attached hydrogen (secondary N) is 1. The van der Waals surface area contributed by atoms with Crippen molar-refractivity contribution in [1.29, 1.82) is 0 Å². The minimum atomic E-state index is 0.00779. The maximum absolute atomic E-state index is 12.4. The van der Waals surface area contributed by atoms with Crippen LogP contribution in [0.1, 0.15) is 53.8 Å². The molecule has 0 atom stereocenters. The molecule has 0 aliphatic rings. The zero-order valence-electron chi connectivity index (χ0n) is 20.9. The number of imidazole rings is 1. The molecule has 1 heterocycles. The molecule has 1 aromatic heterocycles. The van der Waals surface area contributed by atoms with E-state index in [1.54, 1.807) is 0 Å². The van der Waals surface area contributed by atoms with Crippen molar-refractivity contribution in [1.82, 2.24) is 14.9 Å². The number of amides is 1. The third kappa shape index (κ3) is 6.88. The number of para-hydroxylation sites is 3. The van der Waals surface area contributed by atoms with Gasteiger partial charge >= 0.3 is 0 Å². The average molecular weight is 504 g/mol. The minimum Gasteiger partial charge on any atom is -0.492 e. The van der Waals surface area contributed by atoms with Gasteiger partial charge in [0, 0.05) is 25.1 Å². The Hall–Kier alpha value is -3.31. The fraction of sp³-hybridized carbons (Fsp3) is 0.333. The molecule has 0 radical (unpaired) electrons. The van der Waals surface area contributed by atoms with Crippen LogP contribution in [0, 0.1) is 6.92 Å². The summed E-state index contributed by atoms with van der Waals surface area (Å²) < 4.78 is 8.19. The zero-order chi connectivity index (χ0) is 25.2. The summed E-state index contributed by atoms with van der Waals surface area (Å²) in [5, 5.41) is 3.69. The van der Waals surface area contributed by atoms with E-state index in [0.717, 1.165) is 73.3 Å². The summed E-state index contributed by atoms with van der Waals surface area (Å²) in [5.74, 6) is 1.88. The zero-order valence-corrected chi connectivity index (χ0v) is 21.6. The van der Waals surface area contributed by atoms with E-state index in [4.69, 9.17) is 21.3 Å². The highest BCUT2D eigenvalue weighted by atomic mass is 35.5. The van der Waals surface area contributed by atoms with Crippen molar-refractivity contribution < 1.29 is 9.53 Å². The number of rotatable bonds is 13. The van der Waals surface area contributed by atoms with Gasteiger partial charge in [-0.2, -0.15) is 0 Å². The topological polar surface area (TPSA) is 56.2 Å². The van der Waals surface area contributed by atoms with Crippen LogP contribution in [0.5, 0.6) is 5.75 Å². The lowest BCUT2D eigenvalue weighted by molar-refractivity contribution is 0.0952. The molecule has 0 aliphatic heterocycles. The van der Waals surface area contributed by atoms with Crippen LogP contribution in [0.4, 0.5) is 0 Å². The first-order valence-electron chi connectivity index (χ1n) is 12.8. The van der Waals surface area contributed by atoms with E-state index in [0.29, 0.717) is 18.2 Å². The molecule has 5 nitrogen and oxygen atoms in total. The van der Waals surface area contributed by atoms with Crippen molar-refractivity contribution in [2.45, 2.75) is 52.0 Å². The second-order valence-electron chi connectivity index (χ2n) is 9.04. The van der Waals surface area contributed by atoms with Crippen molar-refractivity contribution in [3.63, 3.8) is 0 Å². The molecule has 1 N–H and O–H groups in total. The first kappa shape index (κ1) is 25.8. The minimum absolute atomic E-state index is 0.00779. The van der Waals surface area contributed by atoms with Gasteiger partial charge in [0.2, 0.25) is 0 Å². The molecule has 0 fully saturated rings. The van der Waals surface area contributed by atoms with Gasteiger partial charge in [-0.15, -0.1) is 0 Å². The van der Waals surface area contributed by atoms with Crippen LogP contribution in [-0.2, 0) is 13.0 Å². The largest absolute Gasteiger partial charge is 0.492 e. The summed E-state index contributed by atoms with van der Waals surface area (Å²) in [7, 11) is 0. The summed E-state index contributed by atoms with van der Waals surface area (Å²) in [6.07, 6.45) is 5.91. The highest BCUT2D eigenvalue weighted by molar-refractivity contribution is 6.32. The van der Waals surface area contributed by atoms with Gasteiger partial charge in [0.15, 0.2) is 0 Å². The molecule has 3 aromatic carbocycles. The number of hydrogen-bond donors (Lipinski definition) is 1. The summed E-state index contributed by atoms with van der Waals surface area (Å²) >= 11 is 6.18. The number of halogens is 1. The lowest BCUT2D eigenvalue weighted by Gasteiger charge is -2.11. The van der Waals surface area contributed by atoms with Gasteiger partial charge in [0.05, 0.1) is 22.7 Å². The van der Waals surface area contributed by atoms with E-state index < -0.39 is 0 Å². The number of nitrogens with zero attached hydrogens (tertiary/aromatic N) is 2. The van der Waals surface area contributed by atoms with Crippen molar-refractivity contribution in [3.05, 3.63) is 94.8 Å². The van der Waals surface area contributed by atoms with E-state index in [-0.39, 0.29) is 5.91 Å². The normalized spacial score (nSPS) is 11.1. The van der Waals surface area contributed by atoms with Crippen LogP contribution >= 0.6 is 11.6 Å². The summed E-state index contributed by atoms with van der Waals surface area (Å²) in [5.41, 5.74) is 3.99. The van der Waals surface area contributed by atoms with Gasteiger partial charge in [-0.1, -0.05) is 60.5 Å². The monoisotopic (exact) mass is 503 g/mol. The molecular weight excluding hydrogens is 470 g/mol. The number of carbonyl (C=O) groups is 1. The van der Waals surface area contributed by atoms with Crippen molar-refractivity contribution in [2.24, 2.45) is 0 Å². The molecule has 0 saturated carbocycles. The second-order valence-corrected chi connectivity index (χ2v) is 9.44. The molecule has 1 amide bonds.